The van der Waals surface area contributed by atoms with Crippen LogP contribution in [0.15, 0.2) is 0 Å². The van der Waals surface area contributed by atoms with Crippen molar-refractivity contribution >= 4 is 11.6 Å². The zero-order valence-corrected chi connectivity index (χ0v) is 8.93. The van der Waals surface area contributed by atoms with Gasteiger partial charge in [0.25, 0.3) is 0 Å². The van der Waals surface area contributed by atoms with Gasteiger partial charge in [-0.1, -0.05) is 13.8 Å². The Morgan fingerprint density at radius 2 is 1.85 bits per heavy atom. The molecule has 1 atom stereocenters. The van der Waals surface area contributed by atoms with Gasteiger partial charge < -0.3 is 4.79 Å². The highest BCUT2D eigenvalue weighted by Crippen LogP contribution is 2.11. The van der Waals surface area contributed by atoms with E-state index in [2.05, 4.69) is 0 Å². The number of carbonyl (C=O) groups is 2. The first-order chi connectivity index (χ1) is 6.06. The summed E-state index contributed by atoms with van der Waals surface area (Å²) in [4.78, 5) is 21.9. The van der Waals surface area contributed by atoms with Gasteiger partial charge >= 0.3 is 0 Å². The molecule has 0 aromatic heterocycles. The number of hydrogen-bond donors (Lipinski definition) is 0. The summed E-state index contributed by atoms with van der Waals surface area (Å²) in [5.41, 5.74) is 0. The summed E-state index contributed by atoms with van der Waals surface area (Å²) >= 11 is 0. The molecular formula is C11H20O2. The molecule has 0 rings (SSSR count). The van der Waals surface area contributed by atoms with Crippen molar-refractivity contribution < 1.29 is 9.59 Å². The molecule has 0 bridgehead atoms. The summed E-state index contributed by atoms with van der Waals surface area (Å²) in [6, 6.07) is 0. The third-order valence-electron chi connectivity index (χ3n) is 2.08. The summed E-state index contributed by atoms with van der Waals surface area (Å²) in [5.74, 6) is 0.909. The fourth-order valence-corrected chi connectivity index (χ4v) is 1.40. The summed E-state index contributed by atoms with van der Waals surface area (Å²) in [5, 5.41) is 0. The Hall–Kier alpha value is -0.660. The molecule has 0 amide bonds. The zero-order chi connectivity index (χ0) is 10.3. The van der Waals surface area contributed by atoms with Crippen molar-refractivity contribution in [2.45, 2.75) is 52.9 Å². The van der Waals surface area contributed by atoms with Crippen LogP contribution in [0, 0.1) is 5.92 Å². The van der Waals surface area contributed by atoms with E-state index in [0.717, 1.165) is 12.8 Å². The van der Waals surface area contributed by atoms with Crippen LogP contribution in [0.3, 0.4) is 0 Å². The van der Waals surface area contributed by atoms with E-state index in [1.807, 2.05) is 13.8 Å². The van der Waals surface area contributed by atoms with Crippen LogP contribution in [0.1, 0.15) is 52.9 Å². The van der Waals surface area contributed by atoms with Crippen molar-refractivity contribution in [1.82, 2.24) is 0 Å². The van der Waals surface area contributed by atoms with Gasteiger partial charge in [-0.2, -0.15) is 0 Å². The fraction of sp³-hybridized carbons (Fsp3) is 0.818. The standard InChI is InChI=1S/C11H20O2/c1-4-5-11(13)7-6-9(2)8-10(3)12/h9H,4-8H2,1-3H3. The van der Waals surface area contributed by atoms with Crippen LogP contribution in [0.5, 0.6) is 0 Å². The minimum Gasteiger partial charge on any atom is -0.300 e. The summed E-state index contributed by atoms with van der Waals surface area (Å²) < 4.78 is 0. The molecule has 0 aliphatic heterocycles. The highest BCUT2D eigenvalue weighted by Gasteiger charge is 2.07. The van der Waals surface area contributed by atoms with Crippen LogP contribution in [0.2, 0.25) is 0 Å². The van der Waals surface area contributed by atoms with E-state index in [1.165, 1.54) is 0 Å². The maximum Gasteiger partial charge on any atom is 0.132 e. The maximum atomic E-state index is 11.1. The molecule has 2 nitrogen and oxygen atoms in total. The van der Waals surface area contributed by atoms with Crippen molar-refractivity contribution in [3.8, 4) is 0 Å². The molecule has 0 aromatic rings. The maximum absolute atomic E-state index is 11.1. The SMILES string of the molecule is CCCC(=O)CCC(C)CC(C)=O. The fourth-order valence-electron chi connectivity index (χ4n) is 1.40. The summed E-state index contributed by atoms with van der Waals surface area (Å²) in [7, 11) is 0. The minimum absolute atomic E-state index is 0.218. The Balaban J connectivity index is 3.51. The number of Topliss-reactive ketones (excluding diaryl/α,β-unsaturated/α-hetero) is 2. The molecule has 0 fully saturated rings. The van der Waals surface area contributed by atoms with E-state index >= 15 is 0 Å². The molecule has 13 heavy (non-hydrogen) atoms. The molecule has 0 heterocycles. The van der Waals surface area contributed by atoms with Gasteiger partial charge in [0.15, 0.2) is 0 Å². The first kappa shape index (κ1) is 12.3. The predicted molar refractivity (Wildman–Crippen MR) is 53.6 cm³/mol. The first-order valence-electron chi connectivity index (χ1n) is 5.07. The molecule has 76 valence electrons. The predicted octanol–water partition coefficient (Wildman–Crippen LogP) is 2.75. The lowest BCUT2D eigenvalue weighted by molar-refractivity contribution is -0.120. The third kappa shape index (κ3) is 7.69. The molecule has 0 aliphatic carbocycles. The van der Waals surface area contributed by atoms with E-state index in [9.17, 15) is 9.59 Å². The first-order valence-corrected chi connectivity index (χ1v) is 5.07. The average Bonchev–Trinajstić information content (AvgIpc) is 2.00. The Morgan fingerprint density at radius 1 is 1.23 bits per heavy atom. The Morgan fingerprint density at radius 3 is 2.31 bits per heavy atom. The second-order valence-electron chi connectivity index (χ2n) is 3.84. The molecule has 0 aromatic carbocycles. The Labute approximate surface area is 80.7 Å². The van der Waals surface area contributed by atoms with Gasteiger partial charge in [0.2, 0.25) is 0 Å². The lowest BCUT2D eigenvalue weighted by atomic mass is 9.97. The molecule has 2 heteroatoms. The molecule has 0 saturated carbocycles. The van der Waals surface area contributed by atoms with E-state index in [-0.39, 0.29) is 5.78 Å². The summed E-state index contributed by atoms with van der Waals surface area (Å²) in [6.07, 6.45) is 3.73. The van der Waals surface area contributed by atoms with E-state index in [0.29, 0.717) is 31.0 Å². The van der Waals surface area contributed by atoms with Crippen molar-refractivity contribution in [2.75, 3.05) is 0 Å². The largest absolute Gasteiger partial charge is 0.300 e. The van der Waals surface area contributed by atoms with Gasteiger partial charge in [-0.25, -0.2) is 0 Å². The van der Waals surface area contributed by atoms with Gasteiger partial charge in [-0.3, -0.25) is 4.79 Å². The smallest absolute Gasteiger partial charge is 0.132 e. The molecule has 0 radical (unpaired) electrons. The number of ketones is 2. The highest BCUT2D eigenvalue weighted by molar-refractivity contribution is 5.78. The van der Waals surface area contributed by atoms with Gasteiger partial charge in [0, 0.05) is 19.3 Å². The molecule has 1 unspecified atom stereocenters. The number of hydrogen-bond acceptors (Lipinski definition) is 2. The normalized spacial score (nSPS) is 12.5. The quantitative estimate of drug-likeness (QED) is 0.609. The number of rotatable bonds is 7. The average molecular weight is 184 g/mol. The van der Waals surface area contributed by atoms with Gasteiger partial charge in [0.05, 0.1) is 0 Å². The van der Waals surface area contributed by atoms with Crippen molar-refractivity contribution in [1.29, 1.82) is 0 Å². The Kier molecular flexibility index (Phi) is 6.47. The van der Waals surface area contributed by atoms with Crippen LogP contribution in [0.25, 0.3) is 0 Å². The second kappa shape index (κ2) is 6.81. The lowest BCUT2D eigenvalue weighted by Gasteiger charge is -2.07. The third-order valence-corrected chi connectivity index (χ3v) is 2.08. The molecule has 0 aliphatic rings. The topological polar surface area (TPSA) is 34.1 Å². The Bertz CT molecular complexity index is 173. The zero-order valence-electron chi connectivity index (χ0n) is 8.93. The monoisotopic (exact) mass is 184 g/mol. The van der Waals surface area contributed by atoms with Gasteiger partial charge in [0.1, 0.15) is 11.6 Å². The lowest BCUT2D eigenvalue weighted by Crippen LogP contribution is -2.05. The van der Waals surface area contributed by atoms with Gasteiger partial charge in [-0.05, 0) is 25.7 Å². The van der Waals surface area contributed by atoms with Crippen LogP contribution in [0.4, 0.5) is 0 Å². The molecule has 0 saturated heterocycles. The van der Waals surface area contributed by atoms with Gasteiger partial charge in [-0.15, -0.1) is 0 Å². The van der Waals surface area contributed by atoms with Crippen LogP contribution >= 0.6 is 0 Å². The van der Waals surface area contributed by atoms with E-state index < -0.39 is 0 Å². The van der Waals surface area contributed by atoms with E-state index in [4.69, 9.17) is 0 Å². The second-order valence-corrected chi connectivity index (χ2v) is 3.84. The van der Waals surface area contributed by atoms with Crippen molar-refractivity contribution in [2.24, 2.45) is 5.92 Å². The minimum atomic E-state index is 0.218. The van der Waals surface area contributed by atoms with Crippen LogP contribution in [-0.2, 0) is 9.59 Å². The van der Waals surface area contributed by atoms with Crippen molar-refractivity contribution in [3.05, 3.63) is 0 Å². The molecule has 0 spiro atoms. The van der Waals surface area contributed by atoms with Crippen LogP contribution < -0.4 is 0 Å². The molecular weight excluding hydrogens is 164 g/mol. The number of carbonyl (C=O) groups excluding carboxylic acids is 2. The summed E-state index contributed by atoms with van der Waals surface area (Å²) in [6.45, 7) is 5.64. The molecule has 0 N–H and O–H groups in total. The van der Waals surface area contributed by atoms with Crippen LogP contribution in [-0.4, -0.2) is 11.6 Å². The van der Waals surface area contributed by atoms with Crippen molar-refractivity contribution in [3.63, 3.8) is 0 Å². The highest BCUT2D eigenvalue weighted by atomic mass is 16.1. The van der Waals surface area contributed by atoms with E-state index in [1.54, 1.807) is 6.92 Å².